The van der Waals surface area contributed by atoms with Gasteiger partial charge < -0.3 is 10.2 Å². The Balaban J connectivity index is 2.05. The zero-order valence-corrected chi connectivity index (χ0v) is 14.3. The van der Waals surface area contributed by atoms with Crippen molar-refractivity contribution in [3.63, 3.8) is 0 Å². The van der Waals surface area contributed by atoms with Crippen LogP contribution in [0, 0.1) is 10.1 Å². The van der Waals surface area contributed by atoms with Gasteiger partial charge in [-0.05, 0) is 26.0 Å². The summed E-state index contributed by atoms with van der Waals surface area (Å²) in [7, 11) is -1.46. The van der Waals surface area contributed by atoms with Crippen LogP contribution in [0.25, 0.3) is 0 Å². The van der Waals surface area contributed by atoms with Crippen LogP contribution in [0.2, 0.25) is 0 Å². The lowest BCUT2D eigenvalue weighted by Crippen LogP contribution is -2.33. The van der Waals surface area contributed by atoms with Gasteiger partial charge in [0.15, 0.2) is 9.84 Å². The van der Waals surface area contributed by atoms with E-state index in [0.29, 0.717) is 18.3 Å². The predicted octanol–water partition coefficient (Wildman–Crippen LogP) is 2.28. The summed E-state index contributed by atoms with van der Waals surface area (Å²) in [4.78, 5) is 12.5. The standard InChI is InChI=1S/C15H23N3O4S/c1-17(12-5-3-4-6-12)10-9-16-14-8-7-13(18(19)20)11-15(14)23(2,21)22/h7-8,11-12,16H,3-6,9-10H2,1-2H3. The molecule has 1 saturated carbocycles. The maximum atomic E-state index is 11.9. The van der Waals surface area contributed by atoms with Crippen molar-refractivity contribution < 1.29 is 13.3 Å². The zero-order chi connectivity index (χ0) is 17.0. The molecule has 0 radical (unpaired) electrons. The summed E-state index contributed by atoms with van der Waals surface area (Å²) in [6.45, 7) is 1.39. The Hall–Kier alpha value is -1.67. The average Bonchev–Trinajstić information content (AvgIpc) is 3.00. The van der Waals surface area contributed by atoms with Gasteiger partial charge in [-0.25, -0.2) is 8.42 Å². The molecule has 2 rings (SSSR count). The van der Waals surface area contributed by atoms with Crippen molar-refractivity contribution >= 4 is 21.2 Å². The molecule has 1 fully saturated rings. The fourth-order valence-electron chi connectivity index (χ4n) is 2.97. The second-order valence-electron chi connectivity index (χ2n) is 6.06. The predicted molar refractivity (Wildman–Crippen MR) is 89.6 cm³/mol. The summed E-state index contributed by atoms with van der Waals surface area (Å²) in [5.74, 6) is 0. The Labute approximate surface area is 136 Å². The molecule has 1 aromatic rings. The van der Waals surface area contributed by atoms with E-state index in [1.54, 1.807) is 0 Å². The van der Waals surface area contributed by atoms with E-state index in [0.717, 1.165) is 18.9 Å². The number of sulfone groups is 1. The van der Waals surface area contributed by atoms with Crippen LogP contribution in [0.15, 0.2) is 23.1 Å². The molecule has 1 aromatic carbocycles. The van der Waals surface area contributed by atoms with Gasteiger partial charge in [0.2, 0.25) is 0 Å². The molecule has 0 aromatic heterocycles. The SMILES string of the molecule is CN(CCNc1ccc([N+](=O)[O-])cc1S(C)(=O)=O)C1CCCC1. The van der Waals surface area contributed by atoms with E-state index in [-0.39, 0.29) is 10.6 Å². The van der Waals surface area contributed by atoms with E-state index >= 15 is 0 Å². The fourth-order valence-corrected chi connectivity index (χ4v) is 3.85. The third-order valence-corrected chi connectivity index (χ3v) is 5.44. The molecule has 7 nitrogen and oxygen atoms in total. The number of hydrogen-bond acceptors (Lipinski definition) is 6. The van der Waals surface area contributed by atoms with Crippen LogP contribution in [0.5, 0.6) is 0 Å². The minimum absolute atomic E-state index is 0.0322. The minimum atomic E-state index is -3.54. The van der Waals surface area contributed by atoms with Crippen LogP contribution in [0.3, 0.4) is 0 Å². The number of non-ortho nitro benzene ring substituents is 1. The number of likely N-dealkylation sites (N-methyl/N-ethyl adjacent to an activating group) is 1. The third kappa shape index (κ3) is 4.65. The first-order chi connectivity index (χ1) is 10.8. The fraction of sp³-hybridized carbons (Fsp3) is 0.600. The molecule has 0 bridgehead atoms. The second kappa shape index (κ2) is 7.27. The number of nitrogens with one attached hydrogen (secondary N) is 1. The van der Waals surface area contributed by atoms with E-state index in [4.69, 9.17) is 0 Å². The molecular formula is C15H23N3O4S. The van der Waals surface area contributed by atoms with Crippen LogP contribution in [-0.2, 0) is 9.84 Å². The molecule has 1 N–H and O–H groups in total. The molecule has 23 heavy (non-hydrogen) atoms. The highest BCUT2D eigenvalue weighted by molar-refractivity contribution is 7.90. The summed E-state index contributed by atoms with van der Waals surface area (Å²) >= 11 is 0. The number of rotatable bonds is 7. The van der Waals surface area contributed by atoms with Crippen molar-refractivity contribution in [2.75, 3.05) is 31.7 Å². The van der Waals surface area contributed by atoms with Crippen molar-refractivity contribution in [3.8, 4) is 0 Å². The van der Waals surface area contributed by atoms with E-state index in [1.165, 1.54) is 37.8 Å². The maximum Gasteiger partial charge on any atom is 0.270 e. The van der Waals surface area contributed by atoms with Crippen molar-refractivity contribution in [1.82, 2.24) is 4.90 Å². The van der Waals surface area contributed by atoms with Crippen LogP contribution in [0.4, 0.5) is 11.4 Å². The molecule has 128 valence electrons. The molecule has 0 spiro atoms. The lowest BCUT2D eigenvalue weighted by atomic mass is 10.2. The number of benzene rings is 1. The lowest BCUT2D eigenvalue weighted by Gasteiger charge is -2.24. The Bertz CT molecular complexity index is 669. The summed E-state index contributed by atoms with van der Waals surface area (Å²) in [6.07, 6.45) is 6.01. The van der Waals surface area contributed by atoms with Crippen LogP contribution < -0.4 is 5.32 Å². The molecule has 0 aliphatic heterocycles. The highest BCUT2D eigenvalue weighted by Gasteiger charge is 2.20. The first-order valence-electron chi connectivity index (χ1n) is 7.71. The first-order valence-corrected chi connectivity index (χ1v) is 9.61. The Morgan fingerprint density at radius 2 is 2.00 bits per heavy atom. The van der Waals surface area contributed by atoms with Gasteiger partial charge in [-0.2, -0.15) is 0 Å². The van der Waals surface area contributed by atoms with Crippen molar-refractivity contribution in [2.45, 2.75) is 36.6 Å². The number of nitro benzene ring substituents is 1. The number of anilines is 1. The van der Waals surface area contributed by atoms with Crippen LogP contribution in [-0.4, -0.2) is 50.7 Å². The van der Waals surface area contributed by atoms with E-state index in [2.05, 4.69) is 17.3 Å². The van der Waals surface area contributed by atoms with Gasteiger partial charge in [0.25, 0.3) is 5.69 Å². The van der Waals surface area contributed by atoms with Gasteiger partial charge in [-0.15, -0.1) is 0 Å². The monoisotopic (exact) mass is 341 g/mol. The molecular weight excluding hydrogens is 318 g/mol. The molecule has 0 atom stereocenters. The van der Waals surface area contributed by atoms with Crippen molar-refractivity contribution in [1.29, 1.82) is 0 Å². The molecule has 0 saturated heterocycles. The normalized spacial score (nSPS) is 16.0. The lowest BCUT2D eigenvalue weighted by molar-refractivity contribution is -0.385. The maximum absolute atomic E-state index is 11.9. The summed E-state index contributed by atoms with van der Waals surface area (Å²) in [5, 5.41) is 13.9. The molecule has 0 heterocycles. The van der Waals surface area contributed by atoms with Gasteiger partial charge in [-0.3, -0.25) is 10.1 Å². The average molecular weight is 341 g/mol. The topological polar surface area (TPSA) is 92.5 Å². The van der Waals surface area contributed by atoms with Crippen LogP contribution in [0.1, 0.15) is 25.7 Å². The van der Waals surface area contributed by atoms with Gasteiger partial charge in [0.05, 0.1) is 15.5 Å². The van der Waals surface area contributed by atoms with Crippen molar-refractivity contribution in [3.05, 3.63) is 28.3 Å². The number of nitro groups is 1. The molecule has 1 aliphatic carbocycles. The Kier molecular flexibility index (Phi) is 5.59. The quantitative estimate of drug-likeness (QED) is 0.604. The number of nitrogens with zero attached hydrogens (tertiary/aromatic N) is 2. The van der Waals surface area contributed by atoms with Gasteiger partial charge in [0, 0.05) is 37.5 Å². The van der Waals surface area contributed by atoms with E-state index < -0.39 is 14.8 Å². The summed E-state index contributed by atoms with van der Waals surface area (Å²) < 4.78 is 23.7. The molecule has 0 unspecified atom stereocenters. The Morgan fingerprint density at radius 1 is 1.35 bits per heavy atom. The van der Waals surface area contributed by atoms with Crippen LogP contribution >= 0.6 is 0 Å². The highest BCUT2D eigenvalue weighted by Crippen LogP contribution is 2.26. The smallest absolute Gasteiger partial charge is 0.270 e. The number of hydrogen-bond donors (Lipinski definition) is 1. The van der Waals surface area contributed by atoms with E-state index in [9.17, 15) is 18.5 Å². The zero-order valence-electron chi connectivity index (χ0n) is 13.5. The minimum Gasteiger partial charge on any atom is -0.383 e. The Morgan fingerprint density at radius 3 is 2.57 bits per heavy atom. The van der Waals surface area contributed by atoms with Gasteiger partial charge >= 0.3 is 0 Å². The largest absolute Gasteiger partial charge is 0.383 e. The molecule has 8 heteroatoms. The molecule has 0 amide bonds. The molecule has 1 aliphatic rings. The third-order valence-electron chi connectivity index (χ3n) is 4.30. The van der Waals surface area contributed by atoms with Gasteiger partial charge in [0.1, 0.15) is 0 Å². The summed E-state index contributed by atoms with van der Waals surface area (Å²) in [5.41, 5.74) is 0.192. The van der Waals surface area contributed by atoms with Crippen molar-refractivity contribution in [2.24, 2.45) is 0 Å². The second-order valence-corrected chi connectivity index (χ2v) is 8.04. The highest BCUT2D eigenvalue weighted by atomic mass is 32.2. The summed E-state index contributed by atoms with van der Waals surface area (Å²) in [6, 6.07) is 4.49. The van der Waals surface area contributed by atoms with Gasteiger partial charge in [-0.1, -0.05) is 12.8 Å². The first kappa shape index (κ1) is 17.7. The van der Waals surface area contributed by atoms with E-state index in [1.807, 2.05) is 0 Å².